The first-order valence-corrected chi connectivity index (χ1v) is 6.97. The van der Waals surface area contributed by atoms with E-state index in [9.17, 15) is 13.5 Å². The van der Waals surface area contributed by atoms with Crippen LogP contribution in [0.5, 0.6) is 0 Å². The highest BCUT2D eigenvalue weighted by molar-refractivity contribution is 7.86. The normalized spacial score (nSPS) is 23.9. The second kappa shape index (κ2) is 5.92. The Morgan fingerprint density at radius 3 is 2.81 bits per heavy atom. The summed E-state index contributed by atoms with van der Waals surface area (Å²) in [6.07, 6.45) is 1.50. The van der Waals surface area contributed by atoms with E-state index in [0.29, 0.717) is 38.9 Å². The number of aliphatic hydroxyl groups is 1. The quantitative estimate of drug-likeness (QED) is 0.654. The van der Waals surface area contributed by atoms with Gasteiger partial charge in [-0.2, -0.15) is 17.0 Å². The smallest absolute Gasteiger partial charge is 0.281 e. The zero-order valence-corrected chi connectivity index (χ0v) is 10.5. The van der Waals surface area contributed by atoms with E-state index in [0.717, 1.165) is 0 Å². The largest absolute Gasteiger partial charge is 0.392 e. The van der Waals surface area contributed by atoms with Crippen LogP contribution in [0.1, 0.15) is 19.3 Å². The second-order valence-corrected chi connectivity index (χ2v) is 6.16. The minimum absolute atomic E-state index is 0.204. The number of piperidine rings is 1. The molecule has 6 nitrogen and oxygen atoms in total. The van der Waals surface area contributed by atoms with E-state index in [-0.39, 0.29) is 6.54 Å². The van der Waals surface area contributed by atoms with Gasteiger partial charge in [0, 0.05) is 26.7 Å². The molecule has 0 amide bonds. The first kappa shape index (κ1) is 13.9. The standard InChI is InChI=1S/C9H21N3O3S/c1-11(6-3-5-10)16(14,15)12-7-2-4-9(13)8-12/h9,13H,2-8,10H2,1H3. The molecule has 1 aliphatic rings. The van der Waals surface area contributed by atoms with Gasteiger partial charge in [-0.1, -0.05) is 0 Å². The van der Waals surface area contributed by atoms with Gasteiger partial charge in [-0.05, 0) is 25.8 Å². The van der Waals surface area contributed by atoms with Crippen molar-refractivity contribution in [2.45, 2.75) is 25.4 Å². The van der Waals surface area contributed by atoms with Crippen molar-refractivity contribution in [1.29, 1.82) is 0 Å². The van der Waals surface area contributed by atoms with Crippen LogP contribution in [0.2, 0.25) is 0 Å². The summed E-state index contributed by atoms with van der Waals surface area (Å²) < 4.78 is 26.7. The maximum atomic E-state index is 12.0. The average Bonchev–Trinajstić information content (AvgIpc) is 2.25. The first-order chi connectivity index (χ1) is 7.48. The van der Waals surface area contributed by atoms with E-state index in [2.05, 4.69) is 0 Å². The van der Waals surface area contributed by atoms with E-state index in [1.165, 1.54) is 8.61 Å². The van der Waals surface area contributed by atoms with Crippen LogP contribution in [0, 0.1) is 0 Å². The lowest BCUT2D eigenvalue weighted by Gasteiger charge is -2.32. The fourth-order valence-corrected chi connectivity index (χ4v) is 3.23. The fourth-order valence-electron chi connectivity index (χ4n) is 1.76. The SMILES string of the molecule is CN(CCCN)S(=O)(=O)N1CCCC(O)C1. The molecule has 0 aliphatic carbocycles. The highest BCUT2D eigenvalue weighted by Crippen LogP contribution is 2.15. The van der Waals surface area contributed by atoms with Crippen LogP contribution in [0.3, 0.4) is 0 Å². The molecule has 7 heteroatoms. The lowest BCUT2D eigenvalue weighted by atomic mass is 10.1. The van der Waals surface area contributed by atoms with Crippen LogP contribution in [0.4, 0.5) is 0 Å². The Morgan fingerprint density at radius 2 is 2.25 bits per heavy atom. The summed E-state index contributed by atoms with van der Waals surface area (Å²) in [7, 11) is -1.87. The highest BCUT2D eigenvalue weighted by atomic mass is 32.2. The van der Waals surface area contributed by atoms with Crippen molar-refractivity contribution in [2.75, 3.05) is 33.2 Å². The third-order valence-corrected chi connectivity index (χ3v) is 4.71. The summed E-state index contributed by atoms with van der Waals surface area (Å²) in [6.45, 7) is 1.59. The van der Waals surface area contributed by atoms with Crippen LogP contribution in [-0.2, 0) is 10.2 Å². The zero-order valence-electron chi connectivity index (χ0n) is 9.67. The van der Waals surface area contributed by atoms with Gasteiger partial charge in [0.25, 0.3) is 10.2 Å². The van der Waals surface area contributed by atoms with Crippen LogP contribution < -0.4 is 5.73 Å². The lowest BCUT2D eigenvalue weighted by Crippen LogP contribution is -2.48. The molecule has 1 heterocycles. The Morgan fingerprint density at radius 1 is 1.56 bits per heavy atom. The van der Waals surface area contributed by atoms with Crippen molar-refractivity contribution in [1.82, 2.24) is 8.61 Å². The monoisotopic (exact) mass is 251 g/mol. The van der Waals surface area contributed by atoms with Crippen molar-refractivity contribution >= 4 is 10.2 Å². The maximum Gasteiger partial charge on any atom is 0.281 e. The van der Waals surface area contributed by atoms with Gasteiger partial charge in [0.05, 0.1) is 6.10 Å². The molecular weight excluding hydrogens is 230 g/mol. The fraction of sp³-hybridized carbons (Fsp3) is 1.00. The molecule has 0 aromatic carbocycles. The minimum Gasteiger partial charge on any atom is -0.392 e. The predicted molar refractivity (Wildman–Crippen MR) is 62.0 cm³/mol. The van der Waals surface area contributed by atoms with E-state index in [1.54, 1.807) is 7.05 Å². The second-order valence-electron chi connectivity index (χ2n) is 4.13. The summed E-state index contributed by atoms with van der Waals surface area (Å²) in [5.41, 5.74) is 5.35. The minimum atomic E-state index is -3.42. The van der Waals surface area contributed by atoms with Gasteiger partial charge >= 0.3 is 0 Å². The van der Waals surface area contributed by atoms with Crippen LogP contribution >= 0.6 is 0 Å². The van der Waals surface area contributed by atoms with Crippen molar-refractivity contribution in [3.8, 4) is 0 Å². The maximum absolute atomic E-state index is 12.0. The lowest BCUT2D eigenvalue weighted by molar-refractivity contribution is 0.105. The third-order valence-electron chi connectivity index (χ3n) is 2.76. The summed E-state index contributed by atoms with van der Waals surface area (Å²) in [5, 5.41) is 9.46. The van der Waals surface area contributed by atoms with Crippen LogP contribution in [0.25, 0.3) is 0 Å². The van der Waals surface area contributed by atoms with Gasteiger partial charge in [0.15, 0.2) is 0 Å². The van der Waals surface area contributed by atoms with E-state index >= 15 is 0 Å². The Hall–Kier alpha value is -0.210. The molecule has 1 unspecified atom stereocenters. The van der Waals surface area contributed by atoms with Gasteiger partial charge in [0.2, 0.25) is 0 Å². The summed E-state index contributed by atoms with van der Waals surface area (Å²) in [4.78, 5) is 0. The molecule has 0 aromatic heterocycles. The number of hydrogen-bond acceptors (Lipinski definition) is 4. The van der Waals surface area contributed by atoms with E-state index < -0.39 is 16.3 Å². The van der Waals surface area contributed by atoms with Crippen molar-refractivity contribution in [3.05, 3.63) is 0 Å². The molecule has 1 aliphatic heterocycles. The Kier molecular flexibility index (Phi) is 5.13. The van der Waals surface area contributed by atoms with Gasteiger partial charge < -0.3 is 10.8 Å². The van der Waals surface area contributed by atoms with E-state index in [1.807, 2.05) is 0 Å². The molecule has 0 radical (unpaired) electrons. The van der Waals surface area contributed by atoms with Gasteiger partial charge in [-0.15, -0.1) is 0 Å². The Bertz CT molecular complexity index is 307. The molecule has 1 fully saturated rings. The van der Waals surface area contributed by atoms with Crippen molar-refractivity contribution in [3.63, 3.8) is 0 Å². The topological polar surface area (TPSA) is 86.9 Å². The molecule has 0 aromatic rings. The summed E-state index contributed by atoms with van der Waals surface area (Å²) >= 11 is 0. The molecule has 0 spiro atoms. The summed E-state index contributed by atoms with van der Waals surface area (Å²) in [5.74, 6) is 0. The number of rotatable bonds is 5. The van der Waals surface area contributed by atoms with Gasteiger partial charge in [0.1, 0.15) is 0 Å². The third kappa shape index (κ3) is 3.39. The molecule has 1 atom stereocenters. The molecule has 1 rings (SSSR count). The molecule has 0 saturated carbocycles. The number of nitrogens with two attached hydrogens (primary N) is 1. The first-order valence-electron chi connectivity index (χ1n) is 5.58. The average molecular weight is 251 g/mol. The molecule has 96 valence electrons. The summed E-state index contributed by atoms with van der Waals surface area (Å²) in [6, 6.07) is 0. The number of β-amino-alcohol motifs (C(OH)–C–C–N with tert-alkyl or cyclic N) is 1. The Balaban J connectivity index is 2.61. The Labute approximate surface area is 97.2 Å². The van der Waals surface area contributed by atoms with Crippen molar-refractivity contribution < 1.29 is 13.5 Å². The van der Waals surface area contributed by atoms with Gasteiger partial charge in [-0.3, -0.25) is 0 Å². The number of aliphatic hydroxyl groups excluding tert-OH is 1. The predicted octanol–water partition coefficient (Wildman–Crippen LogP) is -1.03. The van der Waals surface area contributed by atoms with Crippen LogP contribution in [-0.4, -0.2) is 61.5 Å². The molecule has 16 heavy (non-hydrogen) atoms. The number of hydrogen-bond donors (Lipinski definition) is 2. The van der Waals surface area contributed by atoms with Gasteiger partial charge in [-0.25, -0.2) is 0 Å². The molecular formula is C9H21N3O3S. The zero-order chi connectivity index (χ0) is 12.2. The molecule has 0 bridgehead atoms. The highest BCUT2D eigenvalue weighted by Gasteiger charge is 2.30. The van der Waals surface area contributed by atoms with Crippen LogP contribution in [0.15, 0.2) is 0 Å². The molecule has 3 N–H and O–H groups in total. The van der Waals surface area contributed by atoms with Crippen molar-refractivity contribution in [2.24, 2.45) is 5.73 Å². The van der Waals surface area contributed by atoms with E-state index in [4.69, 9.17) is 5.73 Å². The number of nitrogens with zero attached hydrogens (tertiary/aromatic N) is 2. The molecule has 1 saturated heterocycles.